The van der Waals surface area contributed by atoms with Crippen molar-refractivity contribution >= 4 is 11.6 Å². The molecular formula is C15H20N4O. The zero-order chi connectivity index (χ0) is 14.5. The van der Waals surface area contributed by atoms with Crippen molar-refractivity contribution in [2.24, 2.45) is 7.05 Å². The standard InChI is InChI=1S/C15H20N4O/c1-11(2)18-15(20)12-4-6-13(7-5-12)17-9-14-8-16-10-19(14)3/h4-8,10-11,17H,9H2,1-3H3,(H,18,20). The average molecular weight is 272 g/mol. The Kier molecular flexibility index (Phi) is 4.40. The van der Waals surface area contributed by atoms with E-state index in [1.807, 2.05) is 55.9 Å². The lowest BCUT2D eigenvalue weighted by atomic mass is 10.2. The minimum atomic E-state index is -0.0433. The minimum absolute atomic E-state index is 0.0433. The van der Waals surface area contributed by atoms with Gasteiger partial charge in [-0.25, -0.2) is 4.98 Å². The zero-order valence-electron chi connectivity index (χ0n) is 12.1. The number of carbonyl (C=O) groups excluding carboxylic acids is 1. The molecule has 0 aliphatic rings. The largest absolute Gasteiger partial charge is 0.379 e. The van der Waals surface area contributed by atoms with E-state index < -0.39 is 0 Å². The quantitative estimate of drug-likeness (QED) is 0.877. The number of hydrogen-bond acceptors (Lipinski definition) is 3. The SMILES string of the molecule is CC(C)NC(=O)c1ccc(NCc2cncn2C)cc1. The van der Waals surface area contributed by atoms with Crippen molar-refractivity contribution in [3.63, 3.8) is 0 Å². The number of nitrogens with zero attached hydrogens (tertiary/aromatic N) is 2. The molecule has 0 fully saturated rings. The van der Waals surface area contributed by atoms with Crippen molar-refractivity contribution in [1.29, 1.82) is 0 Å². The summed E-state index contributed by atoms with van der Waals surface area (Å²) in [7, 11) is 1.96. The monoisotopic (exact) mass is 272 g/mol. The van der Waals surface area contributed by atoms with Crippen LogP contribution in [0.2, 0.25) is 0 Å². The number of aryl methyl sites for hydroxylation is 1. The van der Waals surface area contributed by atoms with Crippen molar-refractivity contribution in [2.45, 2.75) is 26.4 Å². The van der Waals surface area contributed by atoms with Crippen molar-refractivity contribution in [1.82, 2.24) is 14.9 Å². The summed E-state index contributed by atoms with van der Waals surface area (Å²) in [5, 5.41) is 6.17. The van der Waals surface area contributed by atoms with Crippen LogP contribution in [-0.4, -0.2) is 21.5 Å². The Morgan fingerprint density at radius 3 is 2.55 bits per heavy atom. The van der Waals surface area contributed by atoms with E-state index in [4.69, 9.17) is 0 Å². The Bertz CT molecular complexity index is 572. The molecule has 2 N–H and O–H groups in total. The summed E-state index contributed by atoms with van der Waals surface area (Å²) in [6.45, 7) is 4.59. The van der Waals surface area contributed by atoms with E-state index in [0.717, 1.165) is 11.4 Å². The lowest BCUT2D eigenvalue weighted by Crippen LogP contribution is -2.29. The number of anilines is 1. The first-order valence-electron chi connectivity index (χ1n) is 6.66. The van der Waals surface area contributed by atoms with E-state index in [2.05, 4.69) is 15.6 Å². The van der Waals surface area contributed by atoms with E-state index >= 15 is 0 Å². The average Bonchev–Trinajstić information content (AvgIpc) is 2.82. The maximum Gasteiger partial charge on any atom is 0.251 e. The molecule has 0 aliphatic heterocycles. The van der Waals surface area contributed by atoms with Crippen LogP contribution in [0.5, 0.6) is 0 Å². The third-order valence-corrected chi connectivity index (χ3v) is 2.96. The number of amides is 1. The first-order valence-corrected chi connectivity index (χ1v) is 6.66. The van der Waals surface area contributed by atoms with Crippen LogP contribution in [0.4, 0.5) is 5.69 Å². The second-order valence-electron chi connectivity index (χ2n) is 5.05. The van der Waals surface area contributed by atoms with Crippen LogP contribution < -0.4 is 10.6 Å². The number of imidazole rings is 1. The molecule has 0 atom stereocenters. The Balaban J connectivity index is 1.95. The molecular weight excluding hydrogens is 252 g/mol. The molecule has 1 aromatic heterocycles. The van der Waals surface area contributed by atoms with Crippen LogP contribution in [0.25, 0.3) is 0 Å². The summed E-state index contributed by atoms with van der Waals surface area (Å²) in [4.78, 5) is 15.9. The van der Waals surface area contributed by atoms with Gasteiger partial charge in [-0.15, -0.1) is 0 Å². The maximum atomic E-state index is 11.8. The fraction of sp³-hybridized carbons (Fsp3) is 0.333. The fourth-order valence-corrected chi connectivity index (χ4v) is 1.83. The Morgan fingerprint density at radius 1 is 1.30 bits per heavy atom. The van der Waals surface area contributed by atoms with Crippen molar-refractivity contribution < 1.29 is 4.79 Å². The molecule has 0 bridgehead atoms. The predicted molar refractivity (Wildman–Crippen MR) is 79.6 cm³/mol. The van der Waals surface area contributed by atoms with E-state index in [1.54, 1.807) is 6.33 Å². The molecule has 0 unspecified atom stereocenters. The van der Waals surface area contributed by atoms with E-state index in [1.165, 1.54) is 0 Å². The number of carbonyl (C=O) groups is 1. The molecule has 2 rings (SSSR count). The van der Waals surface area contributed by atoms with Gasteiger partial charge in [-0.2, -0.15) is 0 Å². The van der Waals surface area contributed by atoms with E-state index in [9.17, 15) is 4.79 Å². The lowest BCUT2D eigenvalue weighted by Gasteiger charge is -2.10. The second kappa shape index (κ2) is 6.23. The topological polar surface area (TPSA) is 59.0 Å². The van der Waals surface area contributed by atoms with Gasteiger partial charge in [0, 0.05) is 30.5 Å². The molecule has 1 amide bonds. The number of nitrogens with one attached hydrogen (secondary N) is 2. The number of hydrogen-bond donors (Lipinski definition) is 2. The van der Waals surface area contributed by atoms with Gasteiger partial charge in [0.05, 0.1) is 18.6 Å². The van der Waals surface area contributed by atoms with Gasteiger partial charge in [-0.05, 0) is 38.1 Å². The summed E-state index contributed by atoms with van der Waals surface area (Å²) < 4.78 is 1.97. The van der Waals surface area contributed by atoms with Crippen LogP contribution in [-0.2, 0) is 13.6 Å². The van der Waals surface area contributed by atoms with E-state index in [0.29, 0.717) is 12.1 Å². The van der Waals surface area contributed by atoms with Gasteiger partial charge in [-0.3, -0.25) is 4.79 Å². The Morgan fingerprint density at radius 2 is 2.00 bits per heavy atom. The highest BCUT2D eigenvalue weighted by molar-refractivity contribution is 5.94. The molecule has 5 nitrogen and oxygen atoms in total. The highest BCUT2D eigenvalue weighted by atomic mass is 16.1. The lowest BCUT2D eigenvalue weighted by molar-refractivity contribution is 0.0943. The molecule has 1 aromatic carbocycles. The van der Waals surface area contributed by atoms with Gasteiger partial charge in [0.25, 0.3) is 5.91 Å². The molecule has 0 radical (unpaired) electrons. The van der Waals surface area contributed by atoms with Gasteiger partial charge in [0.1, 0.15) is 0 Å². The fourth-order valence-electron chi connectivity index (χ4n) is 1.83. The third kappa shape index (κ3) is 3.60. The summed E-state index contributed by atoms with van der Waals surface area (Å²) in [5.74, 6) is -0.0433. The number of benzene rings is 1. The first kappa shape index (κ1) is 14.1. The van der Waals surface area contributed by atoms with E-state index in [-0.39, 0.29) is 11.9 Å². The van der Waals surface area contributed by atoms with Gasteiger partial charge < -0.3 is 15.2 Å². The summed E-state index contributed by atoms with van der Waals surface area (Å²) in [5.41, 5.74) is 2.75. The molecule has 106 valence electrons. The molecule has 0 saturated heterocycles. The highest BCUT2D eigenvalue weighted by Crippen LogP contribution is 2.11. The Labute approximate surface area is 119 Å². The summed E-state index contributed by atoms with van der Waals surface area (Å²) in [6, 6.07) is 7.61. The van der Waals surface area contributed by atoms with Crippen LogP contribution in [0.3, 0.4) is 0 Å². The number of rotatable bonds is 5. The van der Waals surface area contributed by atoms with Crippen LogP contribution in [0, 0.1) is 0 Å². The van der Waals surface area contributed by atoms with Gasteiger partial charge in [0.2, 0.25) is 0 Å². The van der Waals surface area contributed by atoms with Gasteiger partial charge in [-0.1, -0.05) is 0 Å². The van der Waals surface area contributed by atoms with Crippen LogP contribution >= 0.6 is 0 Å². The number of aromatic nitrogens is 2. The molecule has 5 heteroatoms. The molecule has 2 aromatic rings. The normalized spacial score (nSPS) is 10.6. The smallest absolute Gasteiger partial charge is 0.251 e. The molecule has 0 spiro atoms. The molecule has 20 heavy (non-hydrogen) atoms. The van der Waals surface area contributed by atoms with Crippen LogP contribution in [0.15, 0.2) is 36.8 Å². The molecule has 0 saturated carbocycles. The van der Waals surface area contributed by atoms with Crippen LogP contribution in [0.1, 0.15) is 29.9 Å². The summed E-state index contributed by atoms with van der Waals surface area (Å²) >= 11 is 0. The Hall–Kier alpha value is -2.30. The van der Waals surface area contributed by atoms with Gasteiger partial charge >= 0.3 is 0 Å². The zero-order valence-corrected chi connectivity index (χ0v) is 12.1. The third-order valence-electron chi connectivity index (χ3n) is 2.96. The summed E-state index contributed by atoms with van der Waals surface area (Å²) in [6.07, 6.45) is 3.60. The van der Waals surface area contributed by atoms with Gasteiger partial charge in [0.15, 0.2) is 0 Å². The molecule has 1 heterocycles. The first-order chi connectivity index (χ1) is 9.56. The maximum absolute atomic E-state index is 11.8. The highest BCUT2D eigenvalue weighted by Gasteiger charge is 2.06. The van der Waals surface area contributed by atoms with Crippen molar-refractivity contribution in [3.8, 4) is 0 Å². The molecule has 0 aliphatic carbocycles. The van der Waals surface area contributed by atoms with Crippen molar-refractivity contribution in [3.05, 3.63) is 48.0 Å². The van der Waals surface area contributed by atoms with Crippen molar-refractivity contribution in [2.75, 3.05) is 5.32 Å². The second-order valence-corrected chi connectivity index (χ2v) is 5.05. The predicted octanol–water partition coefficient (Wildman–Crippen LogP) is 2.17. The minimum Gasteiger partial charge on any atom is -0.379 e.